The molecule has 0 aliphatic rings. The van der Waals surface area contributed by atoms with E-state index in [2.05, 4.69) is 15.0 Å². The van der Waals surface area contributed by atoms with Crippen molar-refractivity contribution in [3.05, 3.63) is 22.2 Å². The van der Waals surface area contributed by atoms with Gasteiger partial charge in [0.05, 0.1) is 17.1 Å². The van der Waals surface area contributed by atoms with Crippen LogP contribution in [0, 0.1) is 10.1 Å². The van der Waals surface area contributed by atoms with Gasteiger partial charge in [0, 0.05) is 7.05 Å². The number of nitrogens with zero attached hydrogens (tertiary/aromatic N) is 2. The lowest BCUT2D eigenvalue weighted by molar-refractivity contribution is -0.384. The van der Waals surface area contributed by atoms with E-state index in [1.807, 2.05) is 0 Å². The largest absolute Gasteiger partial charge is 0.471 e. The van der Waals surface area contributed by atoms with Crippen LogP contribution in [0.4, 0.5) is 20.3 Å². The molecule has 0 atom stereocenters. The number of anilines is 1. The zero-order valence-electron chi connectivity index (χ0n) is 8.31. The van der Waals surface area contributed by atoms with Crippen LogP contribution in [0.2, 0.25) is 0 Å². The molecular formula is C8H9F2N3O3. The van der Waals surface area contributed by atoms with Crippen LogP contribution < -0.4 is 10.1 Å². The SMILES string of the molecule is CNc1cc([N+](=O)[O-])cc(OCC(F)F)n1. The Morgan fingerprint density at radius 1 is 1.62 bits per heavy atom. The number of pyridine rings is 1. The van der Waals surface area contributed by atoms with Crippen molar-refractivity contribution >= 4 is 11.5 Å². The molecule has 0 spiro atoms. The molecule has 0 unspecified atom stereocenters. The van der Waals surface area contributed by atoms with Gasteiger partial charge in [0.2, 0.25) is 5.88 Å². The van der Waals surface area contributed by atoms with E-state index < -0.39 is 18.0 Å². The van der Waals surface area contributed by atoms with Gasteiger partial charge in [-0.1, -0.05) is 0 Å². The summed E-state index contributed by atoms with van der Waals surface area (Å²) in [5, 5.41) is 13.1. The predicted molar refractivity (Wildman–Crippen MR) is 51.9 cm³/mol. The van der Waals surface area contributed by atoms with Gasteiger partial charge in [0.25, 0.3) is 12.1 Å². The molecule has 0 saturated carbocycles. The molecule has 88 valence electrons. The third-order valence-corrected chi connectivity index (χ3v) is 1.61. The first kappa shape index (κ1) is 12.1. The van der Waals surface area contributed by atoms with Crippen molar-refractivity contribution < 1.29 is 18.4 Å². The highest BCUT2D eigenvalue weighted by atomic mass is 19.3. The fraction of sp³-hybridized carbons (Fsp3) is 0.375. The molecule has 0 aliphatic carbocycles. The summed E-state index contributed by atoms with van der Waals surface area (Å²) in [6, 6.07) is 2.17. The number of ether oxygens (including phenoxy) is 1. The van der Waals surface area contributed by atoms with Gasteiger partial charge in [0.15, 0.2) is 6.61 Å². The van der Waals surface area contributed by atoms with Crippen molar-refractivity contribution in [2.24, 2.45) is 0 Å². The molecule has 1 N–H and O–H groups in total. The number of nitro groups is 1. The summed E-state index contributed by atoms with van der Waals surface area (Å²) in [5.74, 6) is -0.0303. The average molecular weight is 233 g/mol. The number of alkyl halides is 2. The summed E-state index contributed by atoms with van der Waals surface area (Å²) < 4.78 is 28.3. The molecule has 1 rings (SSSR count). The number of rotatable bonds is 5. The second-order valence-corrected chi connectivity index (χ2v) is 2.76. The summed E-state index contributed by atoms with van der Waals surface area (Å²) in [4.78, 5) is 13.6. The van der Waals surface area contributed by atoms with Crippen LogP contribution in [-0.4, -0.2) is 30.0 Å². The molecule has 0 bridgehead atoms. The number of hydrogen-bond donors (Lipinski definition) is 1. The Bertz CT molecular complexity index is 387. The van der Waals surface area contributed by atoms with Crippen LogP contribution >= 0.6 is 0 Å². The third-order valence-electron chi connectivity index (χ3n) is 1.61. The molecule has 1 aromatic heterocycles. The second-order valence-electron chi connectivity index (χ2n) is 2.76. The lowest BCUT2D eigenvalue weighted by Crippen LogP contribution is -2.09. The minimum Gasteiger partial charge on any atom is -0.471 e. The summed E-state index contributed by atoms with van der Waals surface area (Å²) in [6.07, 6.45) is -2.65. The molecule has 6 nitrogen and oxygen atoms in total. The van der Waals surface area contributed by atoms with E-state index in [0.29, 0.717) is 0 Å². The highest BCUT2D eigenvalue weighted by Crippen LogP contribution is 2.22. The number of halogens is 2. The van der Waals surface area contributed by atoms with Crippen molar-refractivity contribution in [1.29, 1.82) is 0 Å². The first-order valence-corrected chi connectivity index (χ1v) is 4.28. The van der Waals surface area contributed by atoms with Gasteiger partial charge < -0.3 is 10.1 Å². The van der Waals surface area contributed by atoms with E-state index in [0.717, 1.165) is 6.07 Å². The molecule has 0 fully saturated rings. The molecule has 16 heavy (non-hydrogen) atoms. The molecular weight excluding hydrogens is 224 g/mol. The Morgan fingerprint density at radius 2 is 2.31 bits per heavy atom. The van der Waals surface area contributed by atoms with Crippen LogP contribution in [-0.2, 0) is 0 Å². The fourth-order valence-electron chi connectivity index (χ4n) is 0.947. The van der Waals surface area contributed by atoms with Gasteiger partial charge in [-0.05, 0) is 0 Å². The van der Waals surface area contributed by atoms with E-state index in [1.165, 1.54) is 13.1 Å². The Kier molecular flexibility index (Phi) is 3.92. The van der Waals surface area contributed by atoms with E-state index in [9.17, 15) is 18.9 Å². The van der Waals surface area contributed by atoms with Crippen LogP contribution in [0.1, 0.15) is 0 Å². The Labute approximate surface area is 89.4 Å². The molecule has 0 aromatic carbocycles. The lowest BCUT2D eigenvalue weighted by atomic mass is 10.4. The van der Waals surface area contributed by atoms with Crippen LogP contribution in [0.25, 0.3) is 0 Å². The Balaban J connectivity index is 2.90. The molecule has 0 amide bonds. The third kappa shape index (κ3) is 3.30. The molecule has 0 radical (unpaired) electrons. The van der Waals surface area contributed by atoms with Crippen LogP contribution in [0.15, 0.2) is 12.1 Å². The van der Waals surface area contributed by atoms with Crippen molar-refractivity contribution in [2.45, 2.75) is 6.43 Å². The van der Waals surface area contributed by atoms with Gasteiger partial charge in [-0.15, -0.1) is 0 Å². The highest BCUT2D eigenvalue weighted by molar-refractivity contribution is 5.47. The normalized spacial score (nSPS) is 10.2. The van der Waals surface area contributed by atoms with Crippen molar-refractivity contribution in [1.82, 2.24) is 4.98 Å². The van der Waals surface area contributed by atoms with Gasteiger partial charge in [-0.25, -0.2) is 8.78 Å². The monoisotopic (exact) mass is 233 g/mol. The molecule has 1 aromatic rings. The number of nitrogens with one attached hydrogen (secondary N) is 1. The first-order chi connectivity index (χ1) is 7.52. The summed E-state index contributed by atoms with van der Waals surface area (Å²) in [7, 11) is 1.50. The van der Waals surface area contributed by atoms with Gasteiger partial charge in [-0.2, -0.15) is 4.98 Å². The van der Waals surface area contributed by atoms with Crippen molar-refractivity contribution in [3.63, 3.8) is 0 Å². The topological polar surface area (TPSA) is 77.3 Å². The summed E-state index contributed by atoms with van der Waals surface area (Å²) in [5.41, 5.74) is -0.274. The zero-order valence-corrected chi connectivity index (χ0v) is 8.31. The zero-order chi connectivity index (χ0) is 12.1. The quantitative estimate of drug-likeness (QED) is 0.618. The van der Waals surface area contributed by atoms with E-state index in [4.69, 9.17) is 0 Å². The summed E-state index contributed by atoms with van der Waals surface area (Å²) >= 11 is 0. The van der Waals surface area contributed by atoms with E-state index in [1.54, 1.807) is 0 Å². The van der Waals surface area contributed by atoms with E-state index >= 15 is 0 Å². The standard InChI is InChI=1S/C8H9F2N3O3/c1-11-7-2-5(13(14)15)3-8(12-7)16-4-6(9)10/h2-3,6H,4H2,1H3,(H,11,12). The minimum absolute atomic E-state index is 0.179. The highest BCUT2D eigenvalue weighted by Gasteiger charge is 2.12. The van der Waals surface area contributed by atoms with Gasteiger partial charge in [-0.3, -0.25) is 10.1 Å². The fourth-order valence-corrected chi connectivity index (χ4v) is 0.947. The Morgan fingerprint density at radius 3 is 2.81 bits per heavy atom. The Hall–Kier alpha value is -1.99. The van der Waals surface area contributed by atoms with Crippen molar-refractivity contribution in [2.75, 3.05) is 19.0 Å². The maximum Gasteiger partial charge on any atom is 0.278 e. The molecule has 8 heteroatoms. The smallest absolute Gasteiger partial charge is 0.278 e. The minimum atomic E-state index is -2.65. The second kappa shape index (κ2) is 5.19. The number of hydrogen-bond acceptors (Lipinski definition) is 5. The lowest BCUT2D eigenvalue weighted by Gasteiger charge is -2.06. The van der Waals surface area contributed by atoms with Gasteiger partial charge in [0.1, 0.15) is 5.82 Å². The predicted octanol–water partition coefficient (Wildman–Crippen LogP) is 1.68. The molecule has 1 heterocycles. The van der Waals surface area contributed by atoms with Crippen LogP contribution in [0.3, 0.4) is 0 Å². The van der Waals surface area contributed by atoms with Crippen molar-refractivity contribution in [3.8, 4) is 5.88 Å². The van der Waals surface area contributed by atoms with Crippen LogP contribution in [0.5, 0.6) is 5.88 Å². The maximum absolute atomic E-state index is 11.9. The number of aromatic nitrogens is 1. The maximum atomic E-state index is 11.9. The summed E-state index contributed by atoms with van der Waals surface area (Å²) in [6.45, 7) is -0.850. The van der Waals surface area contributed by atoms with Gasteiger partial charge >= 0.3 is 0 Å². The van der Waals surface area contributed by atoms with E-state index in [-0.39, 0.29) is 17.4 Å². The first-order valence-electron chi connectivity index (χ1n) is 4.28. The average Bonchev–Trinajstić information content (AvgIpc) is 2.25. The molecule has 0 saturated heterocycles. The molecule has 0 aliphatic heterocycles.